The average Bonchev–Trinajstić information content (AvgIpc) is 3.05. The second-order valence-electron chi connectivity index (χ2n) is 6.96. The van der Waals surface area contributed by atoms with Crippen LogP contribution < -0.4 is 10.5 Å². The van der Waals surface area contributed by atoms with Crippen molar-refractivity contribution in [2.24, 2.45) is 5.14 Å². The molecule has 2 amide bonds. The highest BCUT2D eigenvalue weighted by Gasteiger charge is 2.37. The van der Waals surface area contributed by atoms with Crippen LogP contribution in [0.5, 0.6) is 0 Å². The molecule has 152 valence electrons. The van der Waals surface area contributed by atoms with Gasteiger partial charge in [0.2, 0.25) is 10.0 Å². The van der Waals surface area contributed by atoms with Crippen LogP contribution in [0.4, 0.5) is 5.69 Å². The van der Waals surface area contributed by atoms with Gasteiger partial charge in [0.25, 0.3) is 11.8 Å². The minimum absolute atomic E-state index is 0.0507. The minimum Gasteiger partial charge on any atom is -0.324 e. The highest BCUT2D eigenvalue weighted by atomic mass is 32.2. The summed E-state index contributed by atoms with van der Waals surface area (Å²) in [6.07, 6.45) is 0. The van der Waals surface area contributed by atoms with Gasteiger partial charge in [-0.25, -0.2) is 13.6 Å². The quantitative estimate of drug-likeness (QED) is 0.660. The normalized spacial score (nSPS) is 14.3. The first-order valence-corrected chi connectivity index (χ1v) is 10.8. The first-order chi connectivity index (χ1) is 14.3. The summed E-state index contributed by atoms with van der Waals surface area (Å²) in [4.78, 5) is 27.7. The van der Waals surface area contributed by atoms with Gasteiger partial charge in [0.1, 0.15) is 6.04 Å². The molecule has 3 aromatic rings. The van der Waals surface area contributed by atoms with Gasteiger partial charge in [-0.05, 0) is 41.5 Å². The molecular formula is C22H19N3O4S. The molecule has 3 N–H and O–H groups in total. The Labute approximate surface area is 174 Å². The van der Waals surface area contributed by atoms with Crippen molar-refractivity contribution in [2.45, 2.75) is 17.5 Å². The molecule has 0 aliphatic carbocycles. The molecule has 0 aromatic heterocycles. The fourth-order valence-electron chi connectivity index (χ4n) is 3.53. The van der Waals surface area contributed by atoms with Gasteiger partial charge >= 0.3 is 0 Å². The van der Waals surface area contributed by atoms with Gasteiger partial charge in [0.15, 0.2) is 0 Å². The molecule has 7 nitrogen and oxygen atoms in total. The number of sulfonamides is 1. The van der Waals surface area contributed by atoms with Crippen LogP contribution in [-0.4, -0.2) is 25.1 Å². The highest BCUT2D eigenvalue weighted by molar-refractivity contribution is 7.89. The summed E-state index contributed by atoms with van der Waals surface area (Å²) >= 11 is 0. The number of nitrogens with two attached hydrogens (primary N) is 1. The van der Waals surface area contributed by atoms with E-state index < -0.39 is 22.0 Å². The number of hydrogen-bond acceptors (Lipinski definition) is 4. The number of rotatable bonds is 5. The molecule has 0 bridgehead atoms. The predicted octanol–water partition coefficient (Wildman–Crippen LogP) is 2.67. The number of benzene rings is 3. The molecule has 8 heteroatoms. The predicted molar refractivity (Wildman–Crippen MR) is 112 cm³/mol. The third-order valence-corrected chi connectivity index (χ3v) is 5.90. The number of carbonyl (C=O) groups excluding carboxylic acids is 2. The van der Waals surface area contributed by atoms with E-state index in [0.29, 0.717) is 23.4 Å². The van der Waals surface area contributed by atoms with E-state index in [-0.39, 0.29) is 10.8 Å². The third-order valence-electron chi connectivity index (χ3n) is 4.98. The maximum absolute atomic E-state index is 13.2. The van der Waals surface area contributed by atoms with Crippen molar-refractivity contribution in [3.63, 3.8) is 0 Å². The van der Waals surface area contributed by atoms with Crippen LogP contribution in [-0.2, 0) is 21.4 Å². The van der Waals surface area contributed by atoms with E-state index in [1.54, 1.807) is 24.3 Å². The summed E-state index contributed by atoms with van der Waals surface area (Å²) in [5.41, 5.74) is 2.53. The number of carbonyl (C=O) groups is 2. The number of hydrogen-bond donors (Lipinski definition) is 2. The first-order valence-electron chi connectivity index (χ1n) is 9.22. The number of nitrogens with zero attached hydrogens (tertiary/aromatic N) is 1. The number of fused-ring (bicyclic) bond motifs is 1. The number of amides is 2. The van der Waals surface area contributed by atoms with Crippen molar-refractivity contribution in [2.75, 3.05) is 5.32 Å². The SMILES string of the molecule is NS(=O)(=O)c1ccc(NC(=O)[C@H](c2ccccc2)N2Cc3ccccc3C2=O)cc1. The van der Waals surface area contributed by atoms with Gasteiger partial charge in [0, 0.05) is 17.8 Å². The van der Waals surface area contributed by atoms with Gasteiger partial charge in [0.05, 0.1) is 4.90 Å². The van der Waals surface area contributed by atoms with Gasteiger partial charge in [-0.2, -0.15) is 0 Å². The van der Waals surface area contributed by atoms with Crippen LogP contribution >= 0.6 is 0 Å². The van der Waals surface area contributed by atoms with E-state index in [4.69, 9.17) is 5.14 Å². The minimum atomic E-state index is -3.82. The maximum Gasteiger partial charge on any atom is 0.255 e. The van der Waals surface area contributed by atoms with E-state index in [1.807, 2.05) is 30.3 Å². The van der Waals surface area contributed by atoms with Crippen LogP contribution in [0.1, 0.15) is 27.5 Å². The molecule has 0 fully saturated rings. The van der Waals surface area contributed by atoms with Crippen molar-refractivity contribution < 1.29 is 18.0 Å². The summed E-state index contributed by atoms with van der Waals surface area (Å²) < 4.78 is 22.8. The molecule has 30 heavy (non-hydrogen) atoms. The lowest BCUT2D eigenvalue weighted by Gasteiger charge is -2.27. The summed E-state index contributed by atoms with van der Waals surface area (Å²) in [5, 5.41) is 7.89. The molecule has 1 aliphatic rings. The van der Waals surface area contributed by atoms with Gasteiger partial charge in [-0.3, -0.25) is 9.59 Å². The monoisotopic (exact) mass is 421 g/mol. The van der Waals surface area contributed by atoms with E-state index in [1.165, 1.54) is 29.2 Å². The fraction of sp³-hybridized carbons (Fsp3) is 0.0909. The van der Waals surface area contributed by atoms with Crippen molar-refractivity contribution >= 4 is 27.5 Å². The lowest BCUT2D eigenvalue weighted by molar-refractivity contribution is -0.120. The van der Waals surface area contributed by atoms with E-state index in [9.17, 15) is 18.0 Å². The van der Waals surface area contributed by atoms with Gasteiger partial charge in [-0.1, -0.05) is 48.5 Å². The molecule has 0 spiro atoms. The Hall–Kier alpha value is -3.49. The standard InChI is InChI=1S/C22H19N3O4S/c23-30(28,29)18-12-10-17(11-13-18)24-21(26)20(15-6-2-1-3-7-15)25-14-16-8-4-5-9-19(16)22(25)27/h1-13,20H,14H2,(H,24,26)(H2,23,28,29)/t20-/m0/s1. The van der Waals surface area contributed by atoms with E-state index in [2.05, 4.69) is 5.32 Å². The zero-order valence-electron chi connectivity index (χ0n) is 15.9. The van der Waals surface area contributed by atoms with Gasteiger partial charge in [-0.15, -0.1) is 0 Å². The first kappa shape index (κ1) is 19.8. The van der Waals surface area contributed by atoms with Crippen molar-refractivity contribution in [3.8, 4) is 0 Å². The smallest absolute Gasteiger partial charge is 0.255 e. The van der Waals surface area contributed by atoms with Crippen LogP contribution in [0.3, 0.4) is 0 Å². The molecule has 3 aromatic carbocycles. The molecule has 1 heterocycles. The summed E-state index contributed by atoms with van der Waals surface area (Å²) in [6, 6.07) is 21.0. The number of anilines is 1. The average molecular weight is 421 g/mol. The third kappa shape index (κ3) is 3.83. The lowest BCUT2D eigenvalue weighted by Crippen LogP contribution is -2.37. The Morgan fingerprint density at radius 1 is 0.933 bits per heavy atom. The van der Waals surface area contributed by atoms with Crippen molar-refractivity contribution in [1.82, 2.24) is 4.90 Å². The van der Waals surface area contributed by atoms with Crippen LogP contribution in [0, 0.1) is 0 Å². The topological polar surface area (TPSA) is 110 Å². The van der Waals surface area contributed by atoms with Crippen LogP contribution in [0.2, 0.25) is 0 Å². The summed E-state index contributed by atoms with van der Waals surface area (Å²) in [7, 11) is -3.82. The Kier molecular flexibility index (Phi) is 5.11. The van der Waals surface area contributed by atoms with Crippen molar-refractivity contribution in [1.29, 1.82) is 0 Å². The Bertz CT molecular complexity index is 1210. The second kappa shape index (κ2) is 7.74. The number of nitrogens with one attached hydrogen (secondary N) is 1. The molecule has 0 unspecified atom stereocenters. The Morgan fingerprint density at radius 2 is 1.57 bits per heavy atom. The molecule has 0 radical (unpaired) electrons. The number of primary sulfonamides is 1. The zero-order chi connectivity index (χ0) is 21.3. The van der Waals surface area contributed by atoms with Crippen molar-refractivity contribution in [3.05, 3.63) is 95.6 Å². The lowest BCUT2D eigenvalue weighted by atomic mass is 10.0. The summed E-state index contributed by atoms with van der Waals surface area (Å²) in [5.74, 6) is -0.607. The van der Waals surface area contributed by atoms with Crippen LogP contribution in [0.25, 0.3) is 0 Å². The van der Waals surface area contributed by atoms with E-state index >= 15 is 0 Å². The molecule has 0 saturated carbocycles. The molecule has 4 rings (SSSR count). The molecule has 0 saturated heterocycles. The Morgan fingerprint density at radius 3 is 2.20 bits per heavy atom. The highest BCUT2D eigenvalue weighted by Crippen LogP contribution is 2.32. The zero-order valence-corrected chi connectivity index (χ0v) is 16.7. The molecule has 1 aliphatic heterocycles. The fourth-order valence-corrected chi connectivity index (χ4v) is 4.05. The maximum atomic E-state index is 13.2. The van der Waals surface area contributed by atoms with E-state index in [0.717, 1.165) is 5.56 Å². The van der Waals surface area contributed by atoms with Crippen LogP contribution in [0.15, 0.2) is 83.8 Å². The molecule has 1 atom stereocenters. The largest absolute Gasteiger partial charge is 0.324 e. The second-order valence-corrected chi connectivity index (χ2v) is 8.52. The Balaban J connectivity index is 1.64. The molecular weight excluding hydrogens is 402 g/mol. The summed E-state index contributed by atoms with van der Waals surface area (Å²) in [6.45, 7) is 0.326. The van der Waals surface area contributed by atoms with Gasteiger partial charge < -0.3 is 10.2 Å².